The van der Waals surface area contributed by atoms with Gasteiger partial charge in [-0.1, -0.05) is 12.2 Å². The molecule has 2 bridgehead atoms. The third kappa shape index (κ3) is 2.13. The average molecular weight is 257 g/mol. The second kappa shape index (κ2) is 4.85. The van der Waals surface area contributed by atoms with Gasteiger partial charge in [0, 0.05) is 25.5 Å². The Labute approximate surface area is 111 Å². The first-order chi connectivity index (χ1) is 9.29. The van der Waals surface area contributed by atoms with Gasteiger partial charge in [0.05, 0.1) is 12.6 Å². The summed E-state index contributed by atoms with van der Waals surface area (Å²) in [6.07, 6.45) is 7.25. The number of nitrogens with zero attached hydrogens (tertiary/aromatic N) is 3. The zero-order valence-electron chi connectivity index (χ0n) is 10.5. The second-order valence-electron chi connectivity index (χ2n) is 4.57. The molecule has 3 rings (SSSR count). The van der Waals surface area contributed by atoms with E-state index in [0.29, 0.717) is 19.7 Å². The van der Waals surface area contributed by atoms with E-state index in [0.717, 1.165) is 11.1 Å². The number of pyridine rings is 1. The number of rotatable bonds is 4. The van der Waals surface area contributed by atoms with Crippen LogP contribution in [0.5, 0.6) is 0 Å². The van der Waals surface area contributed by atoms with Crippen molar-refractivity contribution in [2.45, 2.75) is 6.04 Å². The monoisotopic (exact) mass is 257 g/mol. The Bertz CT molecular complexity index is 527. The second-order valence-corrected chi connectivity index (χ2v) is 4.57. The molecule has 1 fully saturated rings. The van der Waals surface area contributed by atoms with Crippen LogP contribution in [0, 0.1) is 0 Å². The van der Waals surface area contributed by atoms with Gasteiger partial charge in [-0.2, -0.15) is 5.06 Å². The lowest BCUT2D eigenvalue weighted by Gasteiger charge is -2.21. The molecule has 5 nitrogen and oxygen atoms in total. The van der Waals surface area contributed by atoms with E-state index in [9.17, 15) is 4.79 Å². The lowest BCUT2D eigenvalue weighted by Crippen LogP contribution is -2.33. The highest BCUT2D eigenvalue weighted by molar-refractivity contribution is 5.83. The van der Waals surface area contributed by atoms with Crippen LogP contribution in [0.1, 0.15) is 5.56 Å². The van der Waals surface area contributed by atoms with Crippen LogP contribution in [0.2, 0.25) is 0 Å². The minimum atomic E-state index is -0.0767. The predicted octanol–water partition coefficient (Wildman–Crippen LogP) is 1.70. The molecule has 5 heteroatoms. The summed E-state index contributed by atoms with van der Waals surface area (Å²) in [7, 11) is 0. The molecule has 1 unspecified atom stereocenters. The molecule has 0 saturated carbocycles. The van der Waals surface area contributed by atoms with Crippen molar-refractivity contribution in [1.82, 2.24) is 14.9 Å². The average Bonchev–Trinajstić information content (AvgIpc) is 2.68. The van der Waals surface area contributed by atoms with Gasteiger partial charge in [-0.3, -0.25) is 9.82 Å². The Morgan fingerprint density at radius 1 is 1.47 bits per heavy atom. The third-order valence-corrected chi connectivity index (χ3v) is 3.31. The Morgan fingerprint density at radius 2 is 2.26 bits per heavy atom. The van der Waals surface area contributed by atoms with Crippen LogP contribution in [0.3, 0.4) is 0 Å². The third-order valence-electron chi connectivity index (χ3n) is 3.31. The van der Waals surface area contributed by atoms with Crippen molar-refractivity contribution in [2.24, 2.45) is 0 Å². The van der Waals surface area contributed by atoms with Gasteiger partial charge in [-0.15, -0.1) is 6.58 Å². The fourth-order valence-corrected chi connectivity index (χ4v) is 2.44. The van der Waals surface area contributed by atoms with Crippen molar-refractivity contribution >= 4 is 11.6 Å². The number of hydrogen-bond donors (Lipinski definition) is 0. The largest absolute Gasteiger partial charge is 0.344 e. The fraction of sp³-hybridized carbons (Fsp3) is 0.286. The Balaban J connectivity index is 1.85. The SMILES string of the molecule is C=CCON1C(=O)N2CC(c3ccncc3)=CC1C2. The molecule has 3 heterocycles. The van der Waals surface area contributed by atoms with Crippen molar-refractivity contribution in [2.75, 3.05) is 19.7 Å². The summed E-state index contributed by atoms with van der Waals surface area (Å²) in [6.45, 7) is 5.24. The zero-order valence-corrected chi connectivity index (χ0v) is 10.5. The lowest BCUT2D eigenvalue weighted by atomic mass is 10.0. The molecule has 98 valence electrons. The number of urea groups is 1. The maximum atomic E-state index is 12.1. The van der Waals surface area contributed by atoms with Gasteiger partial charge in [0.2, 0.25) is 0 Å². The van der Waals surface area contributed by atoms with E-state index < -0.39 is 0 Å². The van der Waals surface area contributed by atoms with E-state index in [1.165, 1.54) is 5.06 Å². The molecule has 1 aromatic rings. The standard InChI is InChI=1S/C14H15N3O2/c1-2-7-19-17-13-8-12(9-16(10-13)14(17)18)11-3-5-15-6-4-11/h2-6,8,13H,1,7,9-10H2. The van der Waals surface area contributed by atoms with E-state index in [-0.39, 0.29) is 12.1 Å². The van der Waals surface area contributed by atoms with Gasteiger partial charge in [-0.05, 0) is 23.3 Å². The molecule has 1 aromatic heterocycles. The van der Waals surface area contributed by atoms with Crippen LogP contribution in [0.15, 0.2) is 43.3 Å². The van der Waals surface area contributed by atoms with E-state index in [1.54, 1.807) is 23.4 Å². The summed E-state index contributed by atoms with van der Waals surface area (Å²) >= 11 is 0. The summed E-state index contributed by atoms with van der Waals surface area (Å²) in [5.74, 6) is 0. The quantitative estimate of drug-likeness (QED) is 0.771. The number of aromatic nitrogens is 1. The molecule has 0 aromatic carbocycles. The summed E-state index contributed by atoms with van der Waals surface area (Å²) in [5.41, 5.74) is 2.24. The van der Waals surface area contributed by atoms with Crippen LogP contribution >= 0.6 is 0 Å². The van der Waals surface area contributed by atoms with Gasteiger partial charge >= 0.3 is 6.03 Å². The molecule has 0 radical (unpaired) electrons. The van der Waals surface area contributed by atoms with E-state index in [4.69, 9.17) is 4.84 Å². The highest BCUT2D eigenvalue weighted by atomic mass is 16.7. The van der Waals surface area contributed by atoms with Crippen molar-refractivity contribution in [3.8, 4) is 0 Å². The molecule has 2 amide bonds. The van der Waals surface area contributed by atoms with E-state index >= 15 is 0 Å². The highest BCUT2D eigenvalue weighted by Gasteiger charge is 2.40. The van der Waals surface area contributed by atoms with Crippen LogP contribution in [-0.4, -0.2) is 46.7 Å². The van der Waals surface area contributed by atoms with E-state index in [2.05, 4.69) is 17.6 Å². The molecule has 0 aliphatic carbocycles. The van der Waals surface area contributed by atoms with Crippen LogP contribution < -0.4 is 0 Å². The van der Waals surface area contributed by atoms with Crippen molar-refractivity contribution in [1.29, 1.82) is 0 Å². The van der Waals surface area contributed by atoms with Gasteiger partial charge in [0.15, 0.2) is 0 Å². The summed E-state index contributed by atoms with van der Waals surface area (Å²) in [6, 6.07) is 3.81. The maximum absolute atomic E-state index is 12.1. The number of carbonyl (C=O) groups excluding carboxylic acids is 1. The lowest BCUT2D eigenvalue weighted by molar-refractivity contribution is -0.107. The Morgan fingerprint density at radius 3 is 3.00 bits per heavy atom. The molecule has 0 spiro atoms. The zero-order chi connectivity index (χ0) is 13.2. The normalized spacial score (nSPS) is 21.6. The first-order valence-corrected chi connectivity index (χ1v) is 6.22. The van der Waals surface area contributed by atoms with Gasteiger partial charge in [0.25, 0.3) is 0 Å². The summed E-state index contributed by atoms with van der Waals surface area (Å²) in [5, 5.41) is 1.44. The number of amides is 2. The number of fused-ring (bicyclic) bond motifs is 2. The first-order valence-electron chi connectivity index (χ1n) is 6.22. The summed E-state index contributed by atoms with van der Waals surface area (Å²) < 4.78 is 0. The smallest absolute Gasteiger partial charge is 0.316 e. The molecule has 2 aliphatic heterocycles. The topological polar surface area (TPSA) is 45.7 Å². The maximum Gasteiger partial charge on any atom is 0.344 e. The molecular formula is C14H15N3O2. The Kier molecular flexibility index (Phi) is 3.05. The van der Waals surface area contributed by atoms with Crippen molar-refractivity contribution in [3.63, 3.8) is 0 Å². The number of hydrogen-bond acceptors (Lipinski definition) is 3. The summed E-state index contributed by atoms with van der Waals surface area (Å²) in [4.78, 5) is 23.4. The van der Waals surface area contributed by atoms with Gasteiger partial charge in [-0.25, -0.2) is 4.79 Å². The van der Waals surface area contributed by atoms with Crippen molar-refractivity contribution < 1.29 is 9.63 Å². The van der Waals surface area contributed by atoms with Crippen molar-refractivity contribution in [3.05, 3.63) is 48.8 Å². The van der Waals surface area contributed by atoms with Crippen LogP contribution in [0.25, 0.3) is 5.57 Å². The fourth-order valence-electron chi connectivity index (χ4n) is 2.44. The first kappa shape index (κ1) is 11.9. The van der Waals surface area contributed by atoms with Gasteiger partial charge in [0.1, 0.15) is 0 Å². The van der Waals surface area contributed by atoms with Gasteiger partial charge < -0.3 is 4.90 Å². The highest BCUT2D eigenvalue weighted by Crippen LogP contribution is 2.29. The molecule has 19 heavy (non-hydrogen) atoms. The van der Waals surface area contributed by atoms with E-state index in [1.807, 2.05) is 12.1 Å². The number of carbonyl (C=O) groups is 1. The molecule has 1 atom stereocenters. The van der Waals surface area contributed by atoms with Crippen LogP contribution in [-0.2, 0) is 4.84 Å². The molecule has 0 N–H and O–H groups in total. The molecule has 1 saturated heterocycles. The Hall–Kier alpha value is -2.14. The minimum absolute atomic E-state index is 0.0237. The van der Waals surface area contributed by atoms with Crippen LogP contribution in [0.4, 0.5) is 4.79 Å². The molecule has 2 aliphatic rings. The molecular weight excluding hydrogens is 242 g/mol. The minimum Gasteiger partial charge on any atom is -0.316 e. The predicted molar refractivity (Wildman–Crippen MR) is 71.0 cm³/mol. The number of hydroxylamine groups is 2.